The van der Waals surface area contributed by atoms with Gasteiger partial charge in [0, 0.05) is 13.0 Å². The van der Waals surface area contributed by atoms with Gasteiger partial charge in [-0.2, -0.15) is 0 Å². The highest BCUT2D eigenvalue weighted by atomic mass is 16.6. The topological polar surface area (TPSA) is 47.9 Å². The molecular formula is C15H22O4. The van der Waals surface area contributed by atoms with Crippen molar-refractivity contribution < 1.29 is 19.3 Å². The summed E-state index contributed by atoms with van der Waals surface area (Å²) < 4.78 is 17.0. The van der Waals surface area contributed by atoms with E-state index in [-0.39, 0.29) is 12.2 Å². The second-order valence-electron chi connectivity index (χ2n) is 4.67. The maximum absolute atomic E-state index is 9.66. The molecule has 0 aliphatic heterocycles. The Morgan fingerprint density at radius 1 is 1.21 bits per heavy atom. The Morgan fingerprint density at radius 3 is 2.58 bits per heavy atom. The lowest BCUT2D eigenvalue weighted by Gasteiger charge is -2.40. The van der Waals surface area contributed by atoms with Crippen LogP contribution in [-0.4, -0.2) is 36.6 Å². The molecule has 1 aromatic carbocycles. The van der Waals surface area contributed by atoms with E-state index in [9.17, 15) is 5.11 Å². The molecule has 1 saturated carbocycles. The molecule has 106 valence electrons. The molecule has 4 nitrogen and oxygen atoms in total. The molecule has 1 aliphatic carbocycles. The summed E-state index contributed by atoms with van der Waals surface area (Å²) in [6.45, 7) is 5.23. The summed E-state index contributed by atoms with van der Waals surface area (Å²) in [7, 11) is 0. The van der Waals surface area contributed by atoms with Crippen molar-refractivity contribution in [3.63, 3.8) is 0 Å². The minimum Gasteiger partial charge on any atom is -0.490 e. The van der Waals surface area contributed by atoms with E-state index in [0.717, 1.165) is 17.9 Å². The monoisotopic (exact) mass is 266 g/mol. The first kappa shape index (κ1) is 14.2. The SMILES string of the molecule is CCCOc1ccccc1OC1CC(O)C1OCC. The highest BCUT2D eigenvalue weighted by Gasteiger charge is 2.43. The summed E-state index contributed by atoms with van der Waals surface area (Å²) in [6, 6.07) is 7.63. The number of aliphatic hydroxyl groups is 1. The summed E-state index contributed by atoms with van der Waals surface area (Å²) >= 11 is 0. The number of para-hydroxylation sites is 2. The maximum Gasteiger partial charge on any atom is 0.161 e. The lowest BCUT2D eigenvalue weighted by molar-refractivity contribution is -0.160. The molecule has 0 saturated heterocycles. The number of aliphatic hydroxyl groups excluding tert-OH is 1. The first-order chi connectivity index (χ1) is 9.26. The Hall–Kier alpha value is -1.26. The molecule has 0 amide bonds. The van der Waals surface area contributed by atoms with E-state index >= 15 is 0 Å². The van der Waals surface area contributed by atoms with Crippen LogP contribution in [0.2, 0.25) is 0 Å². The quantitative estimate of drug-likeness (QED) is 0.823. The fraction of sp³-hybridized carbons (Fsp3) is 0.600. The van der Waals surface area contributed by atoms with E-state index in [4.69, 9.17) is 14.2 Å². The lowest BCUT2D eigenvalue weighted by atomic mass is 9.88. The molecule has 2 rings (SSSR count). The highest BCUT2D eigenvalue weighted by molar-refractivity contribution is 5.39. The van der Waals surface area contributed by atoms with Gasteiger partial charge in [-0.05, 0) is 25.5 Å². The summed E-state index contributed by atoms with van der Waals surface area (Å²) in [4.78, 5) is 0. The maximum atomic E-state index is 9.66. The number of rotatable bonds is 7. The number of ether oxygens (including phenoxy) is 3. The summed E-state index contributed by atoms with van der Waals surface area (Å²) in [6.07, 6.45) is 0.810. The average molecular weight is 266 g/mol. The summed E-state index contributed by atoms with van der Waals surface area (Å²) in [5.41, 5.74) is 0. The number of hydrogen-bond donors (Lipinski definition) is 1. The Bertz CT molecular complexity index is 393. The highest BCUT2D eigenvalue weighted by Crippen LogP contribution is 2.33. The smallest absolute Gasteiger partial charge is 0.161 e. The Balaban J connectivity index is 1.98. The molecule has 1 fully saturated rings. The van der Waals surface area contributed by atoms with E-state index in [1.54, 1.807) is 0 Å². The molecule has 1 N–H and O–H groups in total. The van der Waals surface area contributed by atoms with Gasteiger partial charge in [-0.1, -0.05) is 19.1 Å². The van der Waals surface area contributed by atoms with Gasteiger partial charge in [0.15, 0.2) is 11.5 Å². The van der Waals surface area contributed by atoms with Crippen LogP contribution in [0.5, 0.6) is 11.5 Å². The normalized spacial score (nSPS) is 25.7. The molecule has 0 radical (unpaired) electrons. The summed E-state index contributed by atoms with van der Waals surface area (Å²) in [5, 5.41) is 9.66. The van der Waals surface area contributed by atoms with E-state index in [0.29, 0.717) is 19.6 Å². The number of hydrogen-bond acceptors (Lipinski definition) is 4. The lowest BCUT2D eigenvalue weighted by Crippen LogP contribution is -2.55. The van der Waals surface area contributed by atoms with Crippen molar-refractivity contribution in [2.24, 2.45) is 0 Å². The molecule has 0 bridgehead atoms. The molecule has 19 heavy (non-hydrogen) atoms. The van der Waals surface area contributed by atoms with Crippen LogP contribution in [0.1, 0.15) is 26.7 Å². The average Bonchev–Trinajstić information content (AvgIpc) is 2.43. The zero-order valence-electron chi connectivity index (χ0n) is 11.5. The van der Waals surface area contributed by atoms with Gasteiger partial charge in [-0.3, -0.25) is 0 Å². The van der Waals surface area contributed by atoms with Gasteiger partial charge in [0.05, 0.1) is 12.7 Å². The first-order valence-corrected chi connectivity index (χ1v) is 6.94. The van der Waals surface area contributed by atoms with Crippen molar-refractivity contribution in [1.82, 2.24) is 0 Å². The third-order valence-electron chi connectivity index (χ3n) is 3.17. The van der Waals surface area contributed by atoms with Crippen LogP contribution < -0.4 is 9.47 Å². The van der Waals surface area contributed by atoms with Gasteiger partial charge in [0.2, 0.25) is 0 Å². The first-order valence-electron chi connectivity index (χ1n) is 6.94. The second kappa shape index (κ2) is 6.78. The molecule has 1 aliphatic rings. The molecule has 4 heteroatoms. The Morgan fingerprint density at radius 2 is 1.95 bits per heavy atom. The van der Waals surface area contributed by atoms with Crippen LogP contribution >= 0.6 is 0 Å². The van der Waals surface area contributed by atoms with Crippen LogP contribution in [0.3, 0.4) is 0 Å². The van der Waals surface area contributed by atoms with Crippen molar-refractivity contribution >= 4 is 0 Å². The van der Waals surface area contributed by atoms with Crippen LogP contribution in [0.25, 0.3) is 0 Å². The largest absolute Gasteiger partial charge is 0.490 e. The molecule has 0 spiro atoms. The van der Waals surface area contributed by atoms with Gasteiger partial charge in [0.1, 0.15) is 12.2 Å². The van der Waals surface area contributed by atoms with Crippen LogP contribution in [0.4, 0.5) is 0 Å². The molecule has 1 aromatic rings. The van der Waals surface area contributed by atoms with Crippen LogP contribution in [0, 0.1) is 0 Å². The predicted octanol–water partition coefficient (Wildman–Crippen LogP) is 2.39. The van der Waals surface area contributed by atoms with E-state index in [1.807, 2.05) is 31.2 Å². The molecule has 0 heterocycles. The minimum absolute atomic E-state index is 0.0960. The van der Waals surface area contributed by atoms with Gasteiger partial charge in [-0.15, -0.1) is 0 Å². The number of benzene rings is 1. The van der Waals surface area contributed by atoms with Crippen molar-refractivity contribution in [3.05, 3.63) is 24.3 Å². The minimum atomic E-state index is -0.423. The third kappa shape index (κ3) is 3.39. The summed E-state index contributed by atoms with van der Waals surface area (Å²) in [5.74, 6) is 1.47. The zero-order chi connectivity index (χ0) is 13.7. The third-order valence-corrected chi connectivity index (χ3v) is 3.17. The molecule has 0 aromatic heterocycles. The Labute approximate surface area is 114 Å². The van der Waals surface area contributed by atoms with E-state index in [1.165, 1.54) is 0 Å². The van der Waals surface area contributed by atoms with Crippen LogP contribution in [-0.2, 0) is 4.74 Å². The molecule has 3 unspecified atom stereocenters. The second-order valence-corrected chi connectivity index (χ2v) is 4.67. The van der Waals surface area contributed by atoms with Gasteiger partial charge >= 0.3 is 0 Å². The van der Waals surface area contributed by atoms with Gasteiger partial charge in [-0.25, -0.2) is 0 Å². The fourth-order valence-electron chi connectivity index (χ4n) is 2.13. The van der Waals surface area contributed by atoms with Crippen LogP contribution in [0.15, 0.2) is 24.3 Å². The standard InChI is InChI=1S/C15H22O4/c1-3-9-18-12-7-5-6-8-13(12)19-14-10-11(16)15(14)17-4-2/h5-8,11,14-16H,3-4,9-10H2,1-2H3. The Kier molecular flexibility index (Phi) is 5.05. The molecule has 3 atom stereocenters. The van der Waals surface area contributed by atoms with Crippen molar-refractivity contribution in [1.29, 1.82) is 0 Å². The van der Waals surface area contributed by atoms with Gasteiger partial charge in [0.25, 0.3) is 0 Å². The zero-order valence-corrected chi connectivity index (χ0v) is 11.5. The van der Waals surface area contributed by atoms with Gasteiger partial charge < -0.3 is 19.3 Å². The molecular weight excluding hydrogens is 244 g/mol. The van der Waals surface area contributed by atoms with Crippen molar-refractivity contribution in [2.45, 2.75) is 45.0 Å². The fourth-order valence-corrected chi connectivity index (χ4v) is 2.13. The van der Waals surface area contributed by atoms with E-state index in [2.05, 4.69) is 6.92 Å². The van der Waals surface area contributed by atoms with Crippen molar-refractivity contribution in [2.75, 3.05) is 13.2 Å². The van der Waals surface area contributed by atoms with Crippen molar-refractivity contribution in [3.8, 4) is 11.5 Å². The predicted molar refractivity (Wildman–Crippen MR) is 72.7 cm³/mol. The van der Waals surface area contributed by atoms with E-state index < -0.39 is 6.10 Å².